The van der Waals surface area contributed by atoms with Crippen molar-refractivity contribution in [2.75, 3.05) is 38.1 Å². The number of benzene rings is 1. The molecule has 3 aromatic rings. The molecule has 1 aliphatic heterocycles. The number of aryl methyl sites for hydroxylation is 1. The average molecular weight is 441 g/mol. The van der Waals surface area contributed by atoms with Crippen LogP contribution in [0.15, 0.2) is 35.3 Å². The van der Waals surface area contributed by atoms with Crippen LogP contribution in [0.1, 0.15) is 28.5 Å². The second kappa shape index (κ2) is 9.04. The van der Waals surface area contributed by atoms with E-state index in [2.05, 4.69) is 20.2 Å². The van der Waals surface area contributed by atoms with Gasteiger partial charge in [0.1, 0.15) is 11.5 Å². The van der Waals surface area contributed by atoms with Gasteiger partial charge in [0.25, 0.3) is 11.5 Å². The average Bonchev–Trinajstić information content (AvgIpc) is 2.82. The van der Waals surface area contributed by atoms with Gasteiger partial charge >= 0.3 is 0 Å². The molecule has 32 heavy (non-hydrogen) atoms. The molecule has 2 aromatic heterocycles. The lowest BCUT2D eigenvalue weighted by atomic mass is 10.1. The molecule has 1 aliphatic rings. The van der Waals surface area contributed by atoms with Crippen LogP contribution in [0.3, 0.4) is 0 Å². The standard InChI is InChI=1S/C23H25F2N5O2/c1-3-14-10-17-18(24)11-15(20(25)21(17)28-22(14)31)13-29-6-8-30(9-7-29)16-4-5-19(27-12-16)23(32)26-2/h4-5,10-12H,3,6-9,13H2,1-2H3,(H,26,32)(H,28,31). The molecule has 7 nitrogen and oxygen atoms in total. The predicted octanol–water partition coefficient (Wildman–Crippen LogP) is 2.45. The largest absolute Gasteiger partial charge is 0.368 e. The van der Waals surface area contributed by atoms with Gasteiger partial charge in [0.05, 0.1) is 17.4 Å². The van der Waals surface area contributed by atoms with Crippen LogP contribution in [0.5, 0.6) is 0 Å². The van der Waals surface area contributed by atoms with E-state index >= 15 is 4.39 Å². The van der Waals surface area contributed by atoms with Gasteiger partial charge in [0.2, 0.25) is 0 Å². The molecule has 0 bridgehead atoms. The molecule has 0 saturated carbocycles. The van der Waals surface area contributed by atoms with E-state index in [0.717, 1.165) is 5.69 Å². The second-order valence-electron chi connectivity index (χ2n) is 7.84. The van der Waals surface area contributed by atoms with E-state index in [4.69, 9.17) is 0 Å². The van der Waals surface area contributed by atoms with Crippen LogP contribution >= 0.6 is 0 Å². The second-order valence-corrected chi connectivity index (χ2v) is 7.84. The Morgan fingerprint density at radius 2 is 1.91 bits per heavy atom. The Kier molecular flexibility index (Phi) is 6.18. The lowest BCUT2D eigenvalue weighted by Crippen LogP contribution is -2.46. The van der Waals surface area contributed by atoms with Gasteiger partial charge in [-0.15, -0.1) is 0 Å². The summed E-state index contributed by atoms with van der Waals surface area (Å²) in [5.41, 5.74) is 1.44. The number of halogens is 2. The number of anilines is 1. The smallest absolute Gasteiger partial charge is 0.269 e. The fraction of sp³-hybridized carbons (Fsp3) is 0.348. The number of H-pyrrole nitrogens is 1. The maximum absolute atomic E-state index is 15.1. The fourth-order valence-electron chi connectivity index (χ4n) is 4.01. The highest BCUT2D eigenvalue weighted by atomic mass is 19.1. The summed E-state index contributed by atoms with van der Waals surface area (Å²) in [6.07, 6.45) is 2.11. The van der Waals surface area contributed by atoms with E-state index in [1.807, 2.05) is 11.0 Å². The van der Waals surface area contributed by atoms with Crippen LogP contribution in [0.4, 0.5) is 14.5 Å². The highest BCUT2D eigenvalue weighted by Gasteiger charge is 2.21. The molecule has 9 heteroatoms. The first-order valence-corrected chi connectivity index (χ1v) is 10.6. The van der Waals surface area contributed by atoms with Crippen molar-refractivity contribution in [3.05, 3.63) is 69.3 Å². The monoisotopic (exact) mass is 441 g/mol. The minimum atomic E-state index is -0.586. The van der Waals surface area contributed by atoms with Gasteiger partial charge in [-0.1, -0.05) is 6.92 Å². The predicted molar refractivity (Wildman–Crippen MR) is 119 cm³/mol. The Balaban J connectivity index is 1.46. The number of amides is 1. The first kappa shape index (κ1) is 21.9. The van der Waals surface area contributed by atoms with Crippen molar-refractivity contribution in [3.8, 4) is 0 Å². The van der Waals surface area contributed by atoms with E-state index < -0.39 is 11.6 Å². The van der Waals surface area contributed by atoms with E-state index in [9.17, 15) is 14.0 Å². The van der Waals surface area contributed by atoms with Crippen LogP contribution in [0, 0.1) is 11.6 Å². The van der Waals surface area contributed by atoms with E-state index in [-0.39, 0.29) is 34.5 Å². The Labute approximate surface area is 184 Å². The molecule has 168 valence electrons. The Morgan fingerprint density at radius 1 is 1.16 bits per heavy atom. The lowest BCUT2D eigenvalue weighted by molar-refractivity contribution is 0.0958. The summed E-state index contributed by atoms with van der Waals surface area (Å²) >= 11 is 0. The van der Waals surface area contributed by atoms with Crippen LogP contribution in [-0.2, 0) is 13.0 Å². The van der Waals surface area contributed by atoms with Gasteiger partial charge in [0, 0.05) is 56.3 Å². The summed E-state index contributed by atoms with van der Waals surface area (Å²) in [7, 11) is 1.56. The molecule has 0 spiro atoms. The first-order valence-electron chi connectivity index (χ1n) is 10.6. The molecular formula is C23H25F2N5O2. The maximum atomic E-state index is 15.1. The van der Waals surface area contributed by atoms with Crippen molar-refractivity contribution < 1.29 is 13.6 Å². The van der Waals surface area contributed by atoms with Crippen LogP contribution in [-0.4, -0.2) is 54.0 Å². The lowest BCUT2D eigenvalue weighted by Gasteiger charge is -2.36. The number of pyridine rings is 2. The number of aromatic amines is 1. The highest BCUT2D eigenvalue weighted by Crippen LogP contribution is 2.25. The number of carbonyl (C=O) groups excluding carboxylic acids is 1. The third kappa shape index (κ3) is 4.20. The van der Waals surface area contributed by atoms with Crippen molar-refractivity contribution in [3.63, 3.8) is 0 Å². The zero-order valence-corrected chi connectivity index (χ0v) is 18.0. The number of hydrogen-bond donors (Lipinski definition) is 2. The molecule has 0 atom stereocenters. The van der Waals surface area contributed by atoms with Crippen LogP contribution in [0.25, 0.3) is 10.9 Å². The van der Waals surface area contributed by atoms with Crippen LogP contribution < -0.4 is 15.8 Å². The molecule has 0 radical (unpaired) electrons. The summed E-state index contributed by atoms with van der Waals surface area (Å²) in [5, 5.41) is 2.64. The Bertz CT molecular complexity index is 1200. The van der Waals surface area contributed by atoms with Crippen molar-refractivity contribution in [2.24, 2.45) is 0 Å². The fourth-order valence-corrected chi connectivity index (χ4v) is 4.01. The SMILES string of the molecule is CCc1cc2c(F)cc(CN3CCN(c4ccc(C(=O)NC)nc4)CC3)c(F)c2[nH]c1=O. The van der Waals surface area contributed by atoms with Crippen molar-refractivity contribution in [2.45, 2.75) is 19.9 Å². The number of rotatable bonds is 5. The molecule has 1 amide bonds. The molecular weight excluding hydrogens is 416 g/mol. The summed E-state index contributed by atoms with van der Waals surface area (Å²) in [6.45, 7) is 4.73. The van der Waals surface area contributed by atoms with Gasteiger partial charge < -0.3 is 15.2 Å². The summed E-state index contributed by atoms with van der Waals surface area (Å²) in [6, 6.07) is 6.19. The number of carbonyl (C=O) groups is 1. The molecule has 2 N–H and O–H groups in total. The molecule has 1 fully saturated rings. The van der Waals surface area contributed by atoms with Crippen molar-refractivity contribution in [1.29, 1.82) is 0 Å². The maximum Gasteiger partial charge on any atom is 0.269 e. The summed E-state index contributed by atoms with van der Waals surface area (Å²) in [4.78, 5) is 34.6. The first-order chi connectivity index (χ1) is 15.4. The molecule has 1 saturated heterocycles. The number of piperazine rings is 1. The van der Waals surface area contributed by atoms with E-state index in [1.54, 1.807) is 26.2 Å². The minimum Gasteiger partial charge on any atom is -0.368 e. The zero-order valence-electron chi connectivity index (χ0n) is 18.0. The zero-order chi connectivity index (χ0) is 22.8. The van der Waals surface area contributed by atoms with Crippen molar-refractivity contribution >= 4 is 22.5 Å². The summed E-state index contributed by atoms with van der Waals surface area (Å²) < 4.78 is 29.8. The van der Waals surface area contributed by atoms with E-state index in [0.29, 0.717) is 43.9 Å². The number of hydrogen-bond acceptors (Lipinski definition) is 5. The van der Waals surface area contributed by atoms with Gasteiger partial charge in [-0.3, -0.25) is 14.5 Å². The number of nitrogens with zero attached hydrogens (tertiary/aromatic N) is 3. The number of fused-ring (bicyclic) bond motifs is 1. The third-order valence-electron chi connectivity index (χ3n) is 5.90. The van der Waals surface area contributed by atoms with Gasteiger partial charge in [-0.25, -0.2) is 13.8 Å². The number of nitrogens with one attached hydrogen (secondary N) is 2. The number of aromatic nitrogens is 2. The Hall–Kier alpha value is -3.33. The van der Waals surface area contributed by atoms with Gasteiger partial charge in [-0.05, 0) is 30.7 Å². The minimum absolute atomic E-state index is 0.0804. The van der Waals surface area contributed by atoms with Crippen LogP contribution in [0.2, 0.25) is 0 Å². The Morgan fingerprint density at radius 3 is 2.53 bits per heavy atom. The molecule has 3 heterocycles. The van der Waals surface area contributed by atoms with Gasteiger partial charge in [0.15, 0.2) is 5.82 Å². The molecule has 0 unspecified atom stereocenters. The molecule has 4 rings (SSSR count). The molecule has 0 aliphatic carbocycles. The van der Waals surface area contributed by atoms with Gasteiger partial charge in [-0.2, -0.15) is 0 Å². The topological polar surface area (TPSA) is 81.3 Å². The third-order valence-corrected chi connectivity index (χ3v) is 5.90. The van der Waals surface area contributed by atoms with E-state index in [1.165, 1.54) is 12.1 Å². The van der Waals surface area contributed by atoms with Crippen molar-refractivity contribution in [1.82, 2.24) is 20.2 Å². The summed E-state index contributed by atoms with van der Waals surface area (Å²) in [5.74, 6) is -1.36. The molecule has 1 aromatic carbocycles. The quantitative estimate of drug-likeness (QED) is 0.636. The highest BCUT2D eigenvalue weighted by molar-refractivity contribution is 5.92. The normalized spacial score (nSPS) is 14.7.